The van der Waals surface area contributed by atoms with Gasteiger partial charge in [-0.15, -0.1) is 0 Å². The second-order valence-electron chi connectivity index (χ2n) is 4.68. The summed E-state index contributed by atoms with van der Waals surface area (Å²) < 4.78 is 0. The van der Waals surface area contributed by atoms with Gasteiger partial charge >= 0.3 is 0 Å². The standard InChI is InChI=1S/C13H15N3O/c17-9-13(4-2-5-13)12-15-8-11(16-12)10-3-1-6-14-7-10/h1,3,6-8,17H,2,4-5,9H2,(H,15,16). The lowest BCUT2D eigenvalue weighted by Gasteiger charge is -2.38. The van der Waals surface area contributed by atoms with E-state index in [9.17, 15) is 5.11 Å². The van der Waals surface area contributed by atoms with Crippen molar-refractivity contribution >= 4 is 0 Å². The minimum Gasteiger partial charge on any atom is -0.395 e. The Labute approximate surface area is 99.8 Å². The number of aliphatic hydroxyl groups excluding tert-OH is 1. The lowest BCUT2D eigenvalue weighted by Crippen LogP contribution is -2.39. The fraction of sp³-hybridized carbons (Fsp3) is 0.385. The largest absolute Gasteiger partial charge is 0.395 e. The average molecular weight is 229 g/mol. The number of nitrogens with one attached hydrogen (secondary N) is 1. The van der Waals surface area contributed by atoms with Crippen LogP contribution < -0.4 is 0 Å². The van der Waals surface area contributed by atoms with Crippen molar-refractivity contribution in [2.75, 3.05) is 6.61 Å². The first-order valence-corrected chi connectivity index (χ1v) is 5.91. The number of aromatic nitrogens is 3. The van der Waals surface area contributed by atoms with Crippen LogP contribution in [0.15, 0.2) is 30.7 Å². The number of H-pyrrole nitrogens is 1. The van der Waals surface area contributed by atoms with E-state index in [2.05, 4.69) is 15.0 Å². The first-order chi connectivity index (χ1) is 8.34. The van der Waals surface area contributed by atoms with Gasteiger partial charge in [-0.05, 0) is 25.0 Å². The molecule has 2 heterocycles. The van der Waals surface area contributed by atoms with Gasteiger partial charge in [-0.2, -0.15) is 0 Å². The van der Waals surface area contributed by atoms with Crippen LogP contribution >= 0.6 is 0 Å². The molecule has 0 radical (unpaired) electrons. The monoisotopic (exact) mass is 229 g/mol. The molecule has 2 aromatic heterocycles. The number of aromatic amines is 1. The second-order valence-corrected chi connectivity index (χ2v) is 4.68. The summed E-state index contributed by atoms with van der Waals surface area (Å²) in [5.41, 5.74) is 1.87. The third-order valence-corrected chi connectivity index (χ3v) is 3.66. The third kappa shape index (κ3) is 1.65. The first-order valence-electron chi connectivity index (χ1n) is 5.91. The molecule has 2 aromatic rings. The molecular formula is C13H15N3O. The molecule has 0 atom stereocenters. The van der Waals surface area contributed by atoms with Gasteiger partial charge in [0.1, 0.15) is 5.82 Å². The van der Waals surface area contributed by atoms with Crippen molar-refractivity contribution in [3.05, 3.63) is 36.5 Å². The predicted octanol–water partition coefficient (Wildman–Crippen LogP) is 1.89. The molecule has 3 rings (SSSR count). The number of imidazole rings is 1. The van der Waals surface area contributed by atoms with Crippen LogP contribution in [0.4, 0.5) is 0 Å². The highest BCUT2D eigenvalue weighted by Gasteiger charge is 2.40. The number of hydrogen-bond acceptors (Lipinski definition) is 3. The van der Waals surface area contributed by atoms with Crippen molar-refractivity contribution in [2.45, 2.75) is 24.7 Å². The number of nitrogens with zero attached hydrogens (tertiary/aromatic N) is 2. The van der Waals surface area contributed by atoms with Crippen LogP contribution in [0.1, 0.15) is 25.1 Å². The van der Waals surface area contributed by atoms with Crippen molar-refractivity contribution in [3.63, 3.8) is 0 Å². The Morgan fingerprint density at radius 2 is 2.24 bits per heavy atom. The summed E-state index contributed by atoms with van der Waals surface area (Å²) in [6.45, 7) is 0.174. The molecule has 0 spiro atoms. The Hall–Kier alpha value is -1.68. The lowest BCUT2D eigenvalue weighted by atomic mass is 9.69. The summed E-state index contributed by atoms with van der Waals surface area (Å²) in [5.74, 6) is 0.908. The molecule has 0 aliphatic heterocycles. The van der Waals surface area contributed by atoms with Crippen LogP contribution in [-0.2, 0) is 5.41 Å². The highest BCUT2D eigenvalue weighted by molar-refractivity contribution is 5.57. The molecule has 0 unspecified atom stereocenters. The van der Waals surface area contributed by atoms with E-state index in [4.69, 9.17) is 0 Å². The number of aliphatic hydroxyl groups is 1. The zero-order valence-electron chi connectivity index (χ0n) is 9.56. The predicted molar refractivity (Wildman–Crippen MR) is 64.4 cm³/mol. The zero-order chi connectivity index (χ0) is 11.7. The molecule has 1 aliphatic rings. The molecule has 4 nitrogen and oxygen atoms in total. The van der Waals surface area contributed by atoms with E-state index < -0.39 is 0 Å². The average Bonchev–Trinajstić information content (AvgIpc) is 2.80. The fourth-order valence-electron chi connectivity index (χ4n) is 2.33. The summed E-state index contributed by atoms with van der Waals surface area (Å²) in [5, 5.41) is 9.50. The van der Waals surface area contributed by atoms with Crippen LogP contribution in [0.25, 0.3) is 11.3 Å². The molecule has 0 saturated heterocycles. The maximum Gasteiger partial charge on any atom is 0.115 e. The van der Waals surface area contributed by atoms with E-state index >= 15 is 0 Å². The maximum absolute atomic E-state index is 9.50. The van der Waals surface area contributed by atoms with Gasteiger partial charge in [0.25, 0.3) is 0 Å². The smallest absolute Gasteiger partial charge is 0.115 e. The molecule has 0 bridgehead atoms. The Balaban J connectivity index is 1.93. The van der Waals surface area contributed by atoms with E-state index in [1.807, 2.05) is 24.5 Å². The van der Waals surface area contributed by atoms with Crippen LogP contribution in [0.5, 0.6) is 0 Å². The molecule has 0 amide bonds. The Morgan fingerprint density at radius 3 is 2.82 bits per heavy atom. The van der Waals surface area contributed by atoms with Crippen molar-refractivity contribution in [2.24, 2.45) is 0 Å². The van der Waals surface area contributed by atoms with Gasteiger partial charge in [-0.25, -0.2) is 4.98 Å². The quantitative estimate of drug-likeness (QED) is 0.844. The molecule has 17 heavy (non-hydrogen) atoms. The first kappa shape index (κ1) is 10.5. The lowest BCUT2D eigenvalue weighted by molar-refractivity contribution is 0.113. The van der Waals surface area contributed by atoms with E-state index in [1.165, 1.54) is 6.42 Å². The van der Waals surface area contributed by atoms with Gasteiger partial charge in [0.05, 0.1) is 23.9 Å². The van der Waals surface area contributed by atoms with Gasteiger partial charge in [-0.3, -0.25) is 4.98 Å². The third-order valence-electron chi connectivity index (χ3n) is 3.66. The number of hydrogen-bond donors (Lipinski definition) is 2. The Kier molecular flexibility index (Phi) is 2.44. The topological polar surface area (TPSA) is 61.8 Å². The highest BCUT2D eigenvalue weighted by Crippen LogP contribution is 2.42. The van der Waals surface area contributed by atoms with Crippen molar-refractivity contribution in [3.8, 4) is 11.3 Å². The number of pyridine rings is 1. The van der Waals surface area contributed by atoms with Gasteiger partial charge < -0.3 is 10.1 Å². The molecule has 88 valence electrons. The molecule has 2 N–H and O–H groups in total. The number of rotatable bonds is 3. The van der Waals surface area contributed by atoms with E-state index in [1.54, 1.807) is 6.20 Å². The second kappa shape index (κ2) is 3.96. The Bertz CT molecular complexity index is 497. The maximum atomic E-state index is 9.50. The molecule has 1 aliphatic carbocycles. The molecule has 4 heteroatoms. The molecular weight excluding hydrogens is 214 g/mol. The van der Waals surface area contributed by atoms with Crippen molar-refractivity contribution in [1.29, 1.82) is 0 Å². The van der Waals surface area contributed by atoms with Crippen LogP contribution in [-0.4, -0.2) is 26.7 Å². The summed E-state index contributed by atoms with van der Waals surface area (Å²) in [6, 6.07) is 3.90. The zero-order valence-corrected chi connectivity index (χ0v) is 9.56. The fourth-order valence-corrected chi connectivity index (χ4v) is 2.33. The van der Waals surface area contributed by atoms with Gasteiger partial charge in [0.2, 0.25) is 0 Å². The summed E-state index contributed by atoms with van der Waals surface area (Å²) in [7, 11) is 0. The van der Waals surface area contributed by atoms with Gasteiger partial charge in [0, 0.05) is 18.0 Å². The SMILES string of the molecule is OCC1(c2ncc(-c3cccnc3)[nH]2)CCC1. The molecule has 0 aromatic carbocycles. The summed E-state index contributed by atoms with van der Waals surface area (Å²) >= 11 is 0. The van der Waals surface area contributed by atoms with Crippen LogP contribution in [0, 0.1) is 0 Å². The van der Waals surface area contributed by atoms with Crippen LogP contribution in [0.2, 0.25) is 0 Å². The van der Waals surface area contributed by atoms with E-state index in [-0.39, 0.29) is 12.0 Å². The molecule has 1 fully saturated rings. The van der Waals surface area contributed by atoms with E-state index in [0.29, 0.717) is 0 Å². The minimum absolute atomic E-state index is 0.125. The van der Waals surface area contributed by atoms with E-state index in [0.717, 1.165) is 29.9 Å². The van der Waals surface area contributed by atoms with Crippen molar-refractivity contribution in [1.82, 2.24) is 15.0 Å². The van der Waals surface area contributed by atoms with Crippen molar-refractivity contribution < 1.29 is 5.11 Å². The highest BCUT2D eigenvalue weighted by atomic mass is 16.3. The summed E-state index contributed by atoms with van der Waals surface area (Å²) in [4.78, 5) is 11.8. The van der Waals surface area contributed by atoms with Gasteiger partial charge in [0.15, 0.2) is 0 Å². The van der Waals surface area contributed by atoms with Crippen LogP contribution in [0.3, 0.4) is 0 Å². The minimum atomic E-state index is -0.125. The Morgan fingerprint density at radius 1 is 1.35 bits per heavy atom. The molecule has 1 saturated carbocycles. The summed E-state index contributed by atoms with van der Waals surface area (Å²) in [6.07, 6.45) is 8.59. The van der Waals surface area contributed by atoms with Gasteiger partial charge in [-0.1, -0.05) is 6.42 Å². The normalized spacial score (nSPS) is 17.7.